The molecular formula is C16H12N2O3. The second-order valence-electron chi connectivity index (χ2n) is 4.89. The largest absolute Gasteiger partial charge is 0.454 e. The number of hydrogen-bond donors (Lipinski definition) is 2. The molecule has 5 nitrogen and oxygen atoms in total. The number of para-hydroxylation sites is 1. The topological polar surface area (TPSA) is 73.6 Å². The van der Waals surface area contributed by atoms with Crippen LogP contribution in [0.4, 0.5) is 5.69 Å². The lowest BCUT2D eigenvalue weighted by atomic mass is 10.0. The molecule has 0 bridgehead atoms. The molecule has 0 radical (unpaired) electrons. The maximum atomic E-state index is 12.1. The molecular weight excluding hydrogens is 268 g/mol. The minimum Gasteiger partial charge on any atom is -0.454 e. The highest BCUT2D eigenvalue weighted by atomic mass is 16.7. The number of benzene rings is 2. The van der Waals surface area contributed by atoms with Gasteiger partial charge in [0, 0.05) is 16.9 Å². The zero-order chi connectivity index (χ0) is 14.4. The highest BCUT2D eigenvalue weighted by molar-refractivity contribution is 6.12. The highest BCUT2D eigenvalue weighted by Crippen LogP contribution is 2.39. The number of carbonyl (C=O) groups is 1. The molecule has 0 aliphatic carbocycles. The maximum Gasteiger partial charge on any atom is 0.256 e. The van der Waals surface area contributed by atoms with Crippen molar-refractivity contribution < 1.29 is 14.3 Å². The molecule has 1 amide bonds. The van der Waals surface area contributed by atoms with Crippen molar-refractivity contribution in [2.24, 2.45) is 0 Å². The van der Waals surface area contributed by atoms with Gasteiger partial charge in [0.1, 0.15) is 0 Å². The second-order valence-corrected chi connectivity index (χ2v) is 4.89. The second kappa shape index (κ2) is 4.28. The Labute approximate surface area is 121 Å². The Balaban J connectivity index is 1.85. The van der Waals surface area contributed by atoms with E-state index in [9.17, 15) is 4.79 Å². The quantitative estimate of drug-likeness (QED) is 0.786. The minimum absolute atomic E-state index is 0.149. The predicted octanol–water partition coefficient (Wildman–Crippen LogP) is 2.24. The predicted molar refractivity (Wildman–Crippen MR) is 78.8 cm³/mol. The number of anilines is 1. The minimum atomic E-state index is -0.149. The summed E-state index contributed by atoms with van der Waals surface area (Å²) >= 11 is 0. The lowest BCUT2D eigenvalue weighted by Crippen LogP contribution is -2.12. The molecule has 2 heterocycles. The summed E-state index contributed by atoms with van der Waals surface area (Å²) in [5, 5.41) is 2.85. The van der Waals surface area contributed by atoms with Gasteiger partial charge in [-0.15, -0.1) is 0 Å². The van der Waals surface area contributed by atoms with Gasteiger partial charge in [0.2, 0.25) is 6.79 Å². The molecule has 0 aromatic heterocycles. The van der Waals surface area contributed by atoms with Crippen LogP contribution in [0.3, 0.4) is 0 Å². The molecule has 2 aromatic carbocycles. The number of carbonyl (C=O) groups excluding carboxylic acids is 1. The van der Waals surface area contributed by atoms with Crippen LogP contribution in [0.2, 0.25) is 0 Å². The molecule has 0 atom stereocenters. The zero-order valence-corrected chi connectivity index (χ0v) is 11.1. The molecule has 0 spiro atoms. The van der Waals surface area contributed by atoms with Crippen LogP contribution in [0.15, 0.2) is 36.4 Å². The number of amides is 1. The number of nitrogen functional groups attached to an aromatic ring is 1. The summed E-state index contributed by atoms with van der Waals surface area (Å²) in [4.78, 5) is 12.1. The summed E-state index contributed by atoms with van der Waals surface area (Å²) in [5.41, 5.74) is 9.56. The Morgan fingerprint density at radius 3 is 2.57 bits per heavy atom. The molecule has 2 aliphatic rings. The third-order valence-electron chi connectivity index (χ3n) is 3.59. The summed E-state index contributed by atoms with van der Waals surface area (Å²) in [7, 11) is 0. The average molecular weight is 280 g/mol. The van der Waals surface area contributed by atoms with Crippen LogP contribution in [0, 0.1) is 0 Å². The van der Waals surface area contributed by atoms with Crippen molar-refractivity contribution in [1.29, 1.82) is 0 Å². The SMILES string of the molecule is Nc1ccccc1C=C1NC(=O)c2cc3c(cc21)OCO3. The number of nitrogens with two attached hydrogens (primary N) is 1. The van der Waals surface area contributed by atoms with Gasteiger partial charge in [0.25, 0.3) is 5.91 Å². The normalized spacial score (nSPS) is 17.0. The van der Waals surface area contributed by atoms with Gasteiger partial charge in [-0.1, -0.05) is 18.2 Å². The molecule has 3 N–H and O–H groups in total. The van der Waals surface area contributed by atoms with E-state index in [4.69, 9.17) is 15.2 Å². The van der Waals surface area contributed by atoms with Gasteiger partial charge in [-0.2, -0.15) is 0 Å². The smallest absolute Gasteiger partial charge is 0.256 e. The Hall–Kier alpha value is -2.95. The van der Waals surface area contributed by atoms with Gasteiger partial charge in [-0.3, -0.25) is 4.79 Å². The number of fused-ring (bicyclic) bond motifs is 2. The number of rotatable bonds is 1. The third-order valence-corrected chi connectivity index (χ3v) is 3.59. The van der Waals surface area contributed by atoms with Crippen LogP contribution in [-0.2, 0) is 0 Å². The Morgan fingerprint density at radius 2 is 1.81 bits per heavy atom. The van der Waals surface area contributed by atoms with E-state index >= 15 is 0 Å². The first-order valence-corrected chi connectivity index (χ1v) is 6.54. The van der Waals surface area contributed by atoms with E-state index in [1.54, 1.807) is 6.07 Å². The molecule has 2 aromatic rings. The van der Waals surface area contributed by atoms with E-state index < -0.39 is 0 Å². The molecule has 0 unspecified atom stereocenters. The van der Waals surface area contributed by atoms with Gasteiger partial charge in [0.15, 0.2) is 11.5 Å². The van der Waals surface area contributed by atoms with Gasteiger partial charge in [-0.25, -0.2) is 0 Å². The van der Waals surface area contributed by atoms with E-state index in [2.05, 4.69) is 5.32 Å². The van der Waals surface area contributed by atoms with Gasteiger partial charge >= 0.3 is 0 Å². The Morgan fingerprint density at radius 1 is 1.10 bits per heavy atom. The number of ether oxygens (including phenoxy) is 2. The van der Waals surface area contributed by atoms with Crippen LogP contribution in [0.25, 0.3) is 11.8 Å². The first kappa shape index (κ1) is 11.8. The van der Waals surface area contributed by atoms with Crippen LogP contribution in [0.1, 0.15) is 21.5 Å². The lowest BCUT2D eigenvalue weighted by Gasteiger charge is -2.04. The third kappa shape index (κ3) is 1.82. The monoisotopic (exact) mass is 280 g/mol. The van der Waals surface area contributed by atoms with Crippen LogP contribution in [0.5, 0.6) is 11.5 Å². The molecule has 4 rings (SSSR count). The molecule has 2 aliphatic heterocycles. The molecule has 0 saturated carbocycles. The fourth-order valence-corrected chi connectivity index (χ4v) is 2.52. The summed E-state index contributed by atoms with van der Waals surface area (Å²) in [5.74, 6) is 1.10. The molecule has 104 valence electrons. The molecule has 0 fully saturated rings. The first-order chi connectivity index (χ1) is 10.2. The first-order valence-electron chi connectivity index (χ1n) is 6.54. The van der Waals surface area contributed by atoms with Crippen molar-refractivity contribution in [2.45, 2.75) is 0 Å². The van der Waals surface area contributed by atoms with Crippen molar-refractivity contribution in [3.63, 3.8) is 0 Å². The van der Waals surface area contributed by atoms with Crippen molar-refractivity contribution in [3.8, 4) is 11.5 Å². The summed E-state index contributed by atoms with van der Waals surface area (Å²) in [6.45, 7) is 0.185. The van der Waals surface area contributed by atoms with Gasteiger partial charge in [-0.05, 0) is 29.8 Å². The van der Waals surface area contributed by atoms with E-state index in [0.717, 1.165) is 11.1 Å². The average Bonchev–Trinajstić information content (AvgIpc) is 3.05. The fraction of sp³-hybridized carbons (Fsp3) is 0.0625. The Bertz CT molecular complexity index is 796. The summed E-state index contributed by atoms with van der Waals surface area (Å²) < 4.78 is 10.7. The van der Waals surface area contributed by atoms with Crippen molar-refractivity contribution in [1.82, 2.24) is 5.32 Å². The molecule has 21 heavy (non-hydrogen) atoms. The van der Waals surface area contributed by atoms with Crippen molar-refractivity contribution in [2.75, 3.05) is 12.5 Å². The number of hydrogen-bond acceptors (Lipinski definition) is 4. The maximum absolute atomic E-state index is 12.1. The fourth-order valence-electron chi connectivity index (χ4n) is 2.52. The van der Waals surface area contributed by atoms with Crippen molar-refractivity contribution >= 4 is 23.4 Å². The van der Waals surface area contributed by atoms with E-state index in [1.807, 2.05) is 36.4 Å². The summed E-state index contributed by atoms with van der Waals surface area (Å²) in [6, 6.07) is 11.0. The van der Waals surface area contributed by atoms with Crippen LogP contribution in [-0.4, -0.2) is 12.7 Å². The lowest BCUT2D eigenvalue weighted by molar-refractivity contribution is 0.0980. The van der Waals surface area contributed by atoms with Gasteiger partial charge in [0.05, 0.1) is 5.56 Å². The number of nitrogens with one attached hydrogen (secondary N) is 1. The standard InChI is InChI=1S/C16H12N2O3/c17-12-4-2-1-3-9(12)5-13-10-6-14-15(21-8-20-14)7-11(10)16(19)18-13/h1-7H,8,17H2,(H,18,19). The Kier molecular flexibility index (Phi) is 2.41. The van der Waals surface area contributed by atoms with Crippen molar-refractivity contribution in [3.05, 3.63) is 53.1 Å². The molecule has 0 saturated heterocycles. The van der Waals surface area contributed by atoms with E-state index in [0.29, 0.717) is 28.4 Å². The highest BCUT2D eigenvalue weighted by Gasteiger charge is 2.28. The van der Waals surface area contributed by atoms with E-state index in [-0.39, 0.29) is 12.7 Å². The van der Waals surface area contributed by atoms with Gasteiger partial charge < -0.3 is 20.5 Å². The van der Waals surface area contributed by atoms with Crippen LogP contribution < -0.4 is 20.5 Å². The van der Waals surface area contributed by atoms with Crippen LogP contribution >= 0.6 is 0 Å². The molecule has 5 heteroatoms. The summed E-state index contributed by atoms with van der Waals surface area (Å²) in [6.07, 6.45) is 1.86. The zero-order valence-electron chi connectivity index (χ0n) is 11.1. The van der Waals surface area contributed by atoms with E-state index in [1.165, 1.54) is 0 Å².